The van der Waals surface area contributed by atoms with Gasteiger partial charge in [0, 0.05) is 6.54 Å². The second-order valence-electron chi connectivity index (χ2n) is 5.69. The molecule has 2 aromatic heterocycles. The van der Waals surface area contributed by atoms with Crippen LogP contribution in [0.2, 0.25) is 0 Å². The molecule has 0 radical (unpaired) electrons. The van der Waals surface area contributed by atoms with Gasteiger partial charge < -0.3 is 14.6 Å². The lowest BCUT2D eigenvalue weighted by atomic mass is 10.2. The molecule has 0 saturated carbocycles. The molecule has 0 atom stereocenters. The van der Waals surface area contributed by atoms with Gasteiger partial charge in [-0.05, 0) is 47.5 Å². The molecule has 3 aromatic rings. The van der Waals surface area contributed by atoms with Gasteiger partial charge in [-0.25, -0.2) is 0 Å². The van der Waals surface area contributed by atoms with Gasteiger partial charge in [0.25, 0.3) is 0 Å². The van der Waals surface area contributed by atoms with E-state index in [9.17, 15) is 4.79 Å². The minimum Gasteiger partial charge on any atom is -0.497 e. The third kappa shape index (κ3) is 3.93. The van der Waals surface area contributed by atoms with Crippen molar-refractivity contribution in [1.82, 2.24) is 25.2 Å². The Balaban J connectivity index is 1.61. The largest absolute Gasteiger partial charge is 0.497 e. The Labute approximate surface area is 158 Å². The quantitative estimate of drug-likeness (QED) is 0.659. The number of hydrogen-bond donors (Lipinski definition) is 1. The Morgan fingerprint density at radius 2 is 2.04 bits per heavy atom. The third-order valence-electron chi connectivity index (χ3n) is 3.86. The normalized spacial score (nSPS) is 10.8. The van der Waals surface area contributed by atoms with E-state index in [4.69, 9.17) is 9.26 Å². The number of methoxy groups -OCH3 is 1. The van der Waals surface area contributed by atoms with Crippen molar-refractivity contribution in [3.05, 3.63) is 57.4 Å². The van der Waals surface area contributed by atoms with Crippen LogP contribution in [0.3, 0.4) is 0 Å². The van der Waals surface area contributed by atoms with Crippen molar-refractivity contribution in [2.75, 3.05) is 7.11 Å². The SMILES string of the molecule is COc1ccc(CNC(=O)c2nc(Cn3nc(C)c(Br)c3C)no2)cc1. The molecule has 0 aliphatic heterocycles. The maximum Gasteiger partial charge on any atom is 0.316 e. The number of rotatable bonds is 6. The second kappa shape index (κ2) is 7.69. The molecule has 0 bridgehead atoms. The zero-order valence-corrected chi connectivity index (χ0v) is 16.2. The molecule has 1 aromatic carbocycles. The van der Waals surface area contributed by atoms with E-state index in [-0.39, 0.29) is 5.89 Å². The average molecular weight is 420 g/mol. The predicted molar refractivity (Wildman–Crippen MR) is 97.0 cm³/mol. The molecule has 9 heteroatoms. The molecule has 26 heavy (non-hydrogen) atoms. The number of halogens is 1. The van der Waals surface area contributed by atoms with Crippen molar-refractivity contribution in [3.8, 4) is 5.75 Å². The summed E-state index contributed by atoms with van der Waals surface area (Å²) in [5.74, 6) is 0.651. The van der Waals surface area contributed by atoms with Crippen molar-refractivity contribution in [1.29, 1.82) is 0 Å². The van der Waals surface area contributed by atoms with Gasteiger partial charge in [-0.2, -0.15) is 10.1 Å². The molecular formula is C17H18BrN5O3. The summed E-state index contributed by atoms with van der Waals surface area (Å²) in [5, 5.41) is 11.0. The van der Waals surface area contributed by atoms with Crippen LogP contribution >= 0.6 is 15.9 Å². The van der Waals surface area contributed by atoms with E-state index in [1.165, 1.54) is 0 Å². The van der Waals surface area contributed by atoms with E-state index in [0.29, 0.717) is 18.9 Å². The summed E-state index contributed by atoms with van der Waals surface area (Å²) in [7, 11) is 1.61. The van der Waals surface area contributed by atoms with Crippen LogP contribution in [-0.2, 0) is 13.1 Å². The highest BCUT2D eigenvalue weighted by molar-refractivity contribution is 9.10. The number of aromatic nitrogens is 4. The number of carbonyl (C=O) groups is 1. The van der Waals surface area contributed by atoms with Gasteiger partial charge in [0.1, 0.15) is 12.3 Å². The minimum absolute atomic E-state index is 0.0749. The maximum absolute atomic E-state index is 12.2. The number of benzene rings is 1. The van der Waals surface area contributed by atoms with Crippen molar-refractivity contribution in [3.63, 3.8) is 0 Å². The smallest absolute Gasteiger partial charge is 0.316 e. The van der Waals surface area contributed by atoms with Crippen LogP contribution in [0.15, 0.2) is 33.3 Å². The van der Waals surface area contributed by atoms with Gasteiger partial charge >= 0.3 is 11.8 Å². The highest BCUT2D eigenvalue weighted by Crippen LogP contribution is 2.20. The summed E-state index contributed by atoms with van der Waals surface area (Å²) >= 11 is 3.47. The summed E-state index contributed by atoms with van der Waals surface area (Å²) in [6, 6.07) is 7.41. The number of carbonyl (C=O) groups excluding carboxylic acids is 1. The number of ether oxygens (including phenoxy) is 1. The van der Waals surface area contributed by atoms with Crippen molar-refractivity contribution in [2.24, 2.45) is 0 Å². The molecule has 3 rings (SSSR count). The molecule has 1 N–H and O–H groups in total. The zero-order chi connectivity index (χ0) is 18.7. The summed E-state index contributed by atoms with van der Waals surface area (Å²) in [6.45, 7) is 4.52. The summed E-state index contributed by atoms with van der Waals surface area (Å²) < 4.78 is 12.9. The molecular weight excluding hydrogens is 402 g/mol. The van der Waals surface area contributed by atoms with Crippen LogP contribution in [0.5, 0.6) is 5.75 Å². The van der Waals surface area contributed by atoms with Crippen LogP contribution in [0, 0.1) is 13.8 Å². The van der Waals surface area contributed by atoms with E-state index in [2.05, 4.69) is 36.5 Å². The molecule has 0 aliphatic rings. The monoisotopic (exact) mass is 419 g/mol. The van der Waals surface area contributed by atoms with E-state index >= 15 is 0 Å². The summed E-state index contributed by atoms with van der Waals surface area (Å²) in [5.41, 5.74) is 2.77. The Hall–Kier alpha value is -2.68. The Morgan fingerprint density at radius 3 is 2.65 bits per heavy atom. The third-order valence-corrected chi connectivity index (χ3v) is 5.01. The van der Waals surface area contributed by atoms with E-state index in [1.807, 2.05) is 38.1 Å². The molecule has 136 valence electrons. The van der Waals surface area contributed by atoms with Crippen molar-refractivity contribution >= 4 is 21.8 Å². The first kappa shape index (κ1) is 18.1. The number of amides is 1. The zero-order valence-electron chi connectivity index (χ0n) is 14.6. The van der Waals surface area contributed by atoms with Crippen molar-refractivity contribution in [2.45, 2.75) is 26.9 Å². The molecule has 1 amide bonds. The van der Waals surface area contributed by atoms with Gasteiger partial charge in [-0.3, -0.25) is 9.48 Å². The van der Waals surface area contributed by atoms with Gasteiger partial charge in [0.15, 0.2) is 5.82 Å². The van der Waals surface area contributed by atoms with Crippen LogP contribution in [-0.4, -0.2) is 32.9 Å². The number of nitrogens with one attached hydrogen (secondary N) is 1. The number of nitrogens with zero attached hydrogens (tertiary/aromatic N) is 4. The summed E-state index contributed by atoms with van der Waals surface area (Å²) in [6.07, 6.45) is 0. The maximum atomic E-state index is 12.2. The van der Waals surface area contributed by atoms with E-state index in [0.717, 1.165) is 27.2 Å². The second-order valence-corrected chi connectivity index (χ2v) is 6.48. The lowest BCUT2D eigenvalue weighted by molar-refractivity contribution is 0.0907. The fourth-order valence-corrected chi connectivity index (χ4v) is 2.66. The lowest BCUT2D eigenvalue weighted by Crippen LogP contribution is -2.23. The highest BCUT2D eigenvalue weighted by Gasteiger charge is 2.17. The van der Waals surface area contributed by atoms with Gasteiger partial charge in [-0.1, -0.05) is 17.3 Å². The molecule has 0 unspecified atom stereocenters. The van der Waals surface area contributed by atoms with Crippen LogP contribution < -0.4 is 10.1 Å². The van der Waals surface area contributed by atoms with Crippen LogP contribution in [0.4, 0.5) is 0 Å². The molecule has 0 spiro atoms. The highest BCUT2D eigenvalue weighted by atomic mass is 79.9. The number of aryl methyl sites for hydroxylation is 1. The minimum atomic E-state index is -0.422. The summed E-state index contributed by atoms with van der Waals surface area (Å²) in [4.78, 5) is 16.3. The molecule has 0 saturated heterocycles. The average Bonchev–Trinajstić information content (AvgIpc) is 3.21. The molecule has 0 fully saturated rings. The van der Waals surface area contributed by atoms with Gasteiger partial charge in [-0.15, -0.1) is 0 Å². The fourth-order valence-electron chi connectivity index (χ4n) is 2.37. The lowest BCUT2D eigenvalue weighted by Gasteiger charge is -2.04. The Morgan fingerprint density at radius 1 is 1.31 bits per heavy atom. The number of hydrogen-bond acceptors (Lipinski definition) is 6. The Kier molecular flexibility index (Phi) is 5.36. The standard InChI is InChI=1S/C17H18BrN5O3/c1-10-15(18)11(2)23(21-10)9-14-20-17(26-22-14)16(24)19-8-12-4-6-13(25-3)7-5-12/h4-7H,8-9H2,1-3H3,(H,19,24). The Bertz CT molecular complexity index is 917. The first-order chi connectivity index (χ1) is 12.5. The van der Waals surface area contributed by atoms with Crippen molar-refractivity contribution < 1.29 is 14.1 Å². The first-order valence-electron chi connectivity index (χ1n) is 7.91. The van der Waals surface area contributed by atoms with Gasteiger partial charge in [0.2, 0.25) is 0 Å². The predicted octanol–water partition coefficient (Wildman–Crippen LogP) is 2.63. The topological polar surface area (TPSA) is 95.1 Å². The molecule has 2 heterocycles. The fraction of sp³-hybridized carbons (Fsp3) is 0.294. The first-order valence-corrected chi connectivity index (χ1v) is 8.70. The van der Waals surface area contributed by atoms with Gasteiger partial charge in [0.05, 0.1) is 23.0 Å². The molecule has 8 nitrogen and oxygen atoms in total. The van der Waals surface area contributed by atoms with Crippen LogP contribution in [0.25, 0.3) is 0 Å². The van der Waals surface area contributed by atoms with E-state index < -0.39 is 5.91 Å². The van der Waals surface area contributed by atoms with Crippen LogP contribution in [0.1, 0.15) is 33.5 Å². The van der Waals surface area contributed by atoms with E-state index in [1.54, 1.807) is 11.8 Å². The molecule has 0 aliphatic carbocycles.